The average molecular weight is 432 g/mol. The zero-order valence-electron chi connectivity index (χ0n) is 18.3. The van der Waals surface area contributed by atoms with Crippen LogP contribution in [0.3, 0.4) is 0 Å². The van der Waals surface area contributed by atoms with Crippen LogP contribution in [0.1, 0.15) is 21.7 Å². The molecule has 1 saturated heterocycles. The van der Waals surface area contributed by atoms with Crippen LogP contribution in [0.4, 0.5) is 5.69 Å². The Balaban J connectivity index is 1.23. The Morgan fingerprint density at radius 2 is 1.69 bits per heavy atom. The van der Waals surface area contributed by atoms with Crippen LogP contribution in [0.5, 0.6) is 0 Å². The van der Waals surface area contributed by atoms with E-state index in [1.165, 1.54) is 11.8 Å². The van der Waals surface area contributed by atoms with E-state index in [0.717, 1.165) is 49.9 Å². The van der Waals surface area contributed by atoms with Crippen LogP contribution in [0, 0.1) is 0 Å². The molecule has 4 rings (SSSR count). The number of piperazine rings is 1. The smallest absolute Gasteiger partial charge is 0.291 e. The molecule has 0 radical (unpaired) electrons. The Hall–Kier alpha value is -3.58. The minimum Gasteiger partial charge on any atom is -0.459 e. The Morgan fingerprint density at radius 3 is 2.34 bits per heavy atom. The van der Waals surface area contributed by atoms with Crippen LogP contribution >= 0.6 is 0 Å². The van der Waals surface area contributed by atoms with E-state index >= 15 is 0 Å². The summed E-state index contributed by atoms with van der Waals surface area (Å²) < 4.78 is 5.12. The summed E-state index contributed by atoms with van der Waals surface area (Å²) in [6.45, 7) is 5.58. The van der Waals surface area contributed by atoms with Crippen molar-refractivity contribution in [1.82, 2.24) is 15.1 Å². The second kappa shape index (κ2) is 10.6. The van der Waals surface area contributed by atoms with Crippen LogP contribution in [0.15, 0.2) is 82.4 Å². The molecule has 7 nitrogen and oxygen atoms in total. The first-order valence-electron chi connectivity index (χ1n) is 10.9. The third-order valence-corrected chi connectivity index (χ3v) is 5.54. The van der Waals surface area contributed by atoms with Crippen molar-refractivity contribution in [2.45, 2.75) is 13.1 Å². The summed E-state index contributed by atoms with van der Waals surface area (Å²) in [7, 11) is 1.83. The molecule has 0 spiro atoms. The van der Waals surface area contributed by atoms with E-state index in [2.05, 4.69) is 55.8 Å². The summed E-state index contributed by atoms with van der Waals surface area (Å²) in [5, 5.41) is 6.29. The van der Waals surface area contributed by atoms with Gasteiger partial charge < -0.3 is 20.0 Å². The maximum Gasteiger partial charge on any atom is 0.291 e. The molecule has 2 N–H and O–H groups in total. The lowest BCUT2D eigenvalue weighted by Gasteiger charge is -2.36. The molecule has 1 aromatic heterocycles. The first kappa shape index (κ1) is 21.6. The third-order valence-electron chi connectivity index (χ3n) is 5.54. The predicted octanol–water partition coefficient (Wildman–Crippen LogP) is 3.43. The number of carbonyl (C=O) groups is 1. The standard InChI is InChI=1S/C25H29N5O2/c1-26-25(30-15-13-29(14-16-30)19-21-6-3-2-4-7-21)27-18-20-9-11-22(12-10-20)28-24(31)23-8-5-17-32-23/h2-12,17H,13-16,18-19H2,1H3,(H,26,27)(H,28,31). The first-order chi connectivity index (χ1) is 15.7. The van der Waals surface area contributed by atoms with Crippen molar-refractivity contribution in [3.05, 3.63) is 89.9 Å². The molecule has 1 fully saturated rings. The van der Waals surface area contributed by atoms with E-state index in [9.17, 15) is 4.79 Å². The number of amides is 1. The molecule has 0 unspecified atom stereocenters. The Labute approximate surface area is 188 Å². The second-order valence-corrected chi connectivity index (χ2v) is 7.78. The molecule has 0 saturated carbocycles. The fourth-order valence-corrected chi connectivity index (χ4v) is 3.78. The van der Waals surface area contributed by atoms with Crippen molar-refractivity contribution in [1.29, 1.82) is 0 Å². The van der Waals surface area contributed by atoms with Gasteiger partial charge in [-0.05, 0) is 35.4 Å². The third kappa shape index (κ3) is 5.76. The molecule has 1 aliphatic heterocycles. The van der Waals surface area contributed by atoms with Gasteiger partial charge in [-0.15, -0.1) is 0 Å². The molecule has 0 aliphatic carbocycles. The SMILES string of the molecule is CN=C(NCc1ccc(NC(=O)c2ccco2)cc1)N1CCN(Cc2ccccc2)CC1. The molecule has 7 heteroatoms. The monoisotopic (exact) mass is 431 g/mol. The molecule has 0 bridgehead atoms. The van der Waals surface area contributed by atoms with Crippen molar-refractivity contribution in [3.8, 4) is 0 Å². The van der Waals surface area contributed by atoms with Gasteiger partial charge in [-0.1, -0.05) is 42.5 Å². The maximum atomic E-state index is 12.1. The topological polar surface area (TPSA) is 73.1 Å². The predicted molar refractivity (Wildman–Crippen MR) is 127 cm³/mol. The van der Waals surface area contributed by atoms with Crippen LogP contribution in [-0.2, 0) is 13.1 Å². The van der Waals surface area contributed by atoms with Crippen LogP contribution in [0.25, 0.3) is 0 Å². The summed E-state index contributed by atoms with van der Waals surface area (Å²) in [5.74, 6) is 0.954. The largest absolute Gasteiger partial charge is 0.459 e. The highest BCUT2D eigenvalue weighted by molar-refractivity contribution is 6.02. The lowest BCUT2D eigenvalue weighted by molar-refractivity contribution is 0.0996. The number of guanidine groups is 1. The molecule has 2 heterocycles. The van der Waals surface area contributed by atoms with Crippen molar-refractivity contribution in [3.63, 3.8) is 0 Å². The minimum atomic E-state index is -0.257. The van der Waals surface area contributed by atoms with Crippen LogP contribution < -0.4 is 10.6 Å². The Bertz CT molecular complexity index is 1010. The van der Waals surface area contributed by atoms with E-state index in [0.29, 0.717) is 12.3 Å². The highest BCUT2D eigenvalue weighted by Gasteiger charge is 2.19. The van der Waals surface area contributed by atoms with Gasteiger partial charge in [-0.25, -0.2) is 0 Å². The number of anilines is 1. The number of carbonyl (C=O) groups excluding carboxylic acids is 1. The fraction of sp³-hybridized carbons (Fsp3) is 0.280. The number of hydrogen-bond acceptors (Lipinski definition) is 4. The van der Waals surface area contributed by atoms with Crippen LogP contribution in [0.2, 0.25) is 0 Å². The van der Waals surface area contributed by atoms with Gasteiger partial charge in [0.1, 0.15) is 0 Å². The Morgan fingerprint density at radius 1 is 0.938 bits per heavy atom. The van der Waals surface area contributed by atoms with E-state index in [1.807, 2.05) is 31.3 Å². The van der Waals surface area contributed by atoms with Crippen molar-refractivity contribution >= 4 is 17.6 Å². The number of hydrogen-bond donors (Lipinski definition) is 2. The zero-order valence-corrected chi connectivity index (χ0v) is 18.3. The normalized spacial score (nSPS) is 14.9. The zero-order chi connectivity index (χ0) is 22.2. The molecule has 1 aliphatic rings. The molecular formula is C25H29N5O2. The molecule has 0 atom stereocenters. The van der Waals surface area contributed by atoms with E-state index in [4.69, 9.17) is 4.42 Å². The minimum absolute atomic E-state index is 0.257. The average Bonchev–Trinajstić information content (AvgIpc) is 3.37. The number of nitrogens with one attached hydrogen (secondary N) is 2. The molecule has 2 aromatic carbocycles. The number of aliphatic imine (C=N–C) groups is 1. The molecule has 3 aromatic rings. The first-order valence-corrected chi connectivity index (χ1v) is 10.9. The summed E-state index contributed by atoms with van der Waals surface area (Å²) >= 11 is 0. The van der Waals surface area contributed by atoms with Gasteiger partial charge in [-0.3, -0.25) is 14.7 Å². The summed E-state index contributed by atoms with van der Waals surface area (Å²) in [6.07, 6.45) is 1.49. The quantitative estimate of drug-likeness (QED) is 0.462. The van der Waals surface area contributed by atoms with Gasteiger partial charge in [0.25, 0.3) is 5.91 Å². The van der Waals surface area contributed by atoms with Crippen LogP contribution in [-0.4, -0.2) is 54.9 Å². The number of rotatable bonds is 6. The highest BCUT2D eigenvalue weighted by Crippen LogP contribution is 2.13. The number of benzene rings is 2. The summed E-state index contributed by atoms with van der Waals surface area (Å²) in [6, 6.07) is 21.7. The molecule has 1 amide bonds. The van der Waals surface area contributed by atoms with E-state index in [-0.39, 0.29) is 5.91 Å². The number of furan rings is 1. The van der Waals surface area contributed by atoms with E-state index in [1.54, 1.807) is 12.1 Å². The molecule has 166 valence electrons. The van der Waals surface area contributed by atoms with E-state index < -0.39 is 0 Å². The summed E-state index contributed by atoms with van der Waals surface area (Å²) in [5.41, 5.74) is 3.20. The van der Waals surface area contributed by atoms with Gasteiger partial charge in [-0.2, -0.15) is 0 Å². The van der Waals surface area contributed by atoms with Gasteiger partial charge in [0.15, 0.2) is 11.7 Å². The molecule has 32 heavy (non-hydrogen) atoms. The maximum absolute atomic E-state index is 12.1. The lowest BCUT2D eigenvalue weighted by atomic mass is 10.2. The second-order valence-electron chi connectivity index (χ2n) is 7.78. The van der Waals surface area contributed by atoms with Gasteiger partial charge in [0, 0.05) is 52.0 Å². The summed E-state index contributed by atoms with van der Waals surface area (Å²) in [4.78, 5) is 21.3. The van der Waals surface area contributed by atoms with Gasteiger partial charge in [0.2, 0.25) is 0 Å². The number of nitrogens with zero attached hydrogens (tertiary/aromatic N) is 3. The molecular weight excluding hydrogens is 402 g/mol. The van der Waals surface area contributed by atoms with Crippen molar-refractivity contribution in [2.24, 2.45) is 4.99 Å². The highest BCUT2D eigenvalue weighted by atomic mass is 16.3. The van der Waals surface area contributed by atoms with Crippen molar-refractivity contribution in [2.75, 3.05) is 38.5 Å². The van der Waals surface area contributed by atoms with Gasteiger partial charge >= 0.3 is 0 Å². The fourth-order valence-electron chi connectivity index (χ4n) is 3.78. The van der Waals surface area contributed by atoms with Crippen molar-refractivity contribution < 1.29 is 9.21 Å². The van der Waals surface area contributed by atoms with Gasteiger partial charge in [0.05, 0.1) is 6.26 Å². The Kier molecular flexibility index (Phi) is 7.19. The lowest BCUT2D eigenvalue weighted by Crippen LogP contribution is -2.52.